The van der Waals surface area contributed by atoms with Crippen LogP contribution in [0.25, 0.3) is 0 Å². The molecule has 0 aliphatic carbocycles. The van der Waals surface area contributed by atoms with E-state index in [4.69, 9.17) is 0 Å². The summed E-state index contributed by atoms with van der Waals surface area (Å²) in [4.78, 5) is 39.2. The Labute approximate surface area is 142 Å². The Morgan fingerprint density at radius 1 is 1.29 bits per heavy atom. The second-order valence-electron chi connectivity index (χ2n) is 6.01. The van der Waals surface area contributed by atoms with E-state index in [0.29, 0.717) is 25.1 Å². The molecule has 1 saturated heterocycles. The van der Waals surface area contributed by atoms with E-state index in [1.165, 1.54) is 11.0 Å². The van der Waals surface area contributed by atoms with Gasteiger partial charge in [-0.25, -0.2) is 0 Å². The molecule has 24 heavy (non-hydrogen) atoms. The number of carbonyl (C=O) groups is 3. The van der Waals surface area contributed by atoms with Crippen LogP contribution in [0.4, 0.5) is 0 Å². The summed E-state index contributed by atoms with van der Waals surface area (Å²) in [5.74, 6) is -0.406. The third-order valence-electron chi connectivity index (χ3n) is 4.09. The van der Waals surface area contributed by atoms with Gasteiger partial charge >= 0.3 is 0 Å². The zero-order chi connectivity index (χ0) is 17.7. The number of hydrogen-bond donors (Lipinski definition) is 1. The molecule has 0 spiro atoms. The minimum absolute atomic E-state index is 0.0374. The van der Waals surface area contributed by atoms with Crippen LogP contribution < -0.4 is 5.32 Å². The van der Waals surface area contributed by atoms with Crippen molar-refractivity contribution < 1.29 is 14.4 Å². The van der Waals surface area contributed by atoms with Gasteiger partial charge in [0.2, 0.25) is 11.8 Å². The van der Waals surface area contributed by atoms with Crippen LogP contribution in [0.1, 0.15) is 28.8 Å². The number of likely N-dealkylation sites (N-methyl/N-ethyl adjacent to an activating group) is 1. The monoisotopic (exact) mass is 329 g/mol. The molecule has 0 saturated carbocycles. The molecule has 1 aliphatic heterocycles. The van der Waals surface area contributed by atoms with E-state index in [9.17, 15) is 14.4 Å². The standard InChI is InChI=1S/C18H23N3O3/c1-4-16(22)19-12-13-7-9-14(10-8-13)17(23)21-11-5-6-15(21)18(24)20(2)3/h4,7-10,15H,1,5-6,11-12H2,2-3H3,(H,19,22). The fourth-order valence-corrected chi connectivity index (χ4v) is 2.76. The minimum Gasteiger partial charge on any atom is -0.348 e. The normalized spacial score (nSPS) is 16.6. The van der Waals surface area contributed by atoms with E-state index in [0.717, 1.165) is 12.0 Å². The summed E-state index contributed by atoms with van der Waals surface area (Å²) in [7, 11) is 3.41. The maximum absolute atomic E-state index is 12.7. The predicted octanol–water partition coefficient (Wildman–Crippen LogP) is 1.18. The highest BCUT2D eigenvalue weighted by Crippen LogP contribution is 2.21. The Morgan fingerprint density at radius 2 is 1.96 bits per heavy atom. The van der Waals surface area contributed by atoms with E-state index in [-0.39, 0.29) is 23.8 Å². The average Bonchev–Trinajstić information content (AvgIpc) is 3.08. The lowest BCUT2D eigenvalue weighted by atomic mass is 10.1. The molecule has 0 bridgehead atoms. The number of amides is 3. The fourth-order valence-electron chi connectivity index (χ4n) is 2.76. The van der Waals surface area contributed by atoms with Crippen molar-refractivity contribution in [1.29, 1.82) is 0 Å². The van der Waals surface area contributed by atoms with Gasteiger partial charge in [0, 0.05) is 32.7 Å². The van der Waals surface area contributed by atoms with Gasteiger partial charge in [0.1, 0.15) is 6.04 Å². The molecule has 1 heterocycles. The summed E-state index contributed by atoms with van der Waals surface area (Å²) in [5.41, 5.74) is 1.44. The second-order valence-corrected chi connectivity index (χ2v) is 6.01. The van der Waals surface area contributed by atoms with Gasteiger partial charge in [-0.1, -0.05) is 18.7 Å². The van der Waals surface area contributed by atoms with Crippen molar-refractivity contribution in [3.8, 4) is 0 Å². The fraction of sp³-hybridized carbons (Fsp3) is 0.389. The molecule has 1 unspecified atom stereocenters. The molecule has 6 heteroatoms. The lowest BCUT2D eigenvalue weighted by molar-refractivity contribution is -0.132. The molecular weight excluding hydrogens is 306 g/mol. The van der Waals surface area contributed by atoms with E-state index < -0.39 is 0 Å². The van der Waals surface area contributed by atoms with Gasteiger partial charge in [0.15, 0.2) is 0 Å². The Bertz CT molecular complexity index is 637. The summed E-state index contributed by atoms with van der Waals surface area (Å²) >= 11 is 0. The van der Waals surface area contributed by atoms with Gasteiger partial charge < -0.3 is 15.1 Å². The van der Waals surface area contributed by atoms with Crippen molar-refractivity contribution in [2.45, 2.75) is 25.4 Å². The molecule has 1 aliphatic rings. The highest BCUT2D eigenvalue weighted by Gasteiger charge is 2.35. The van der Waals surface area contributed by atoms with Crippen LogP contribution in [0, 0.1) is 0 Å². The number of rotatable bonds is 5. The van der Waals surface area contributed by atoms with Gasteiger partial charge in [0.25, 0.3) is 5.91 Å². The largest absolute Gasteiger partial charge is 0.348 e. The maximum Gasteiger partial charge on any atom is 0.254 e. The summed E-state index contributed by atoms with van der Waals surface area (Å²) in [6, 6.07) is 6.69. The number of nitrogens with one attached hydrogen (secondary N) is 1. The Kier molecular flexibility index (Phi) is 5.73. The van der Waals surface area contributed by atoms with Gasteiger partial charge in [0.05, 0.1) is 0 Å². The molecule has 0 aromatic heterocycles. The van der Waals surface area contributed by atoms with Crippen molar-refractivity contribution in [2.24, 2.45) is 0 Å². The number of carbonyl (C=O) groups excluding carboxylic acids is 3. The summed E-state index contributed by atoms with van der Waals surface area (Å²) < 4.78 is 0. The first-order valence-corrected chi connectivity index (χ1v) is 7.95. The van der Waals surface area contributed by atoms with Crippen LogP contribution in [0.3, 0.4) is 0 Å². The second kappa shape index (κ2) is 7.77. The molecule has 6 nitrogen and oxygen atoms in total. The number of likely N-dealkylation sites (tertiary alicyclic amines) is 1. The summed E-state index contributed by atoms with van der Waals surface area (Å²) in [6.45, 7) is 4.37. The van der Waals surface area contributed by atoms with Crippen LogP contribution in [0.15, 0.2) is 36.9 Å². The van der Waals surface area contributed by atoms with E-state index in [1.807, 2.05) is 0 Å². The highest BCUT2D eigenvalue weighted by molar-refractivity contribution is 5.98. The third kappa shape index (κ3) is 4.01. The molecule has 3 amide bonds. The number of hydrogen-bond acceptors (Lipinski definition) is 3. The Morgan fingerprint density at radius 3 is 2.54 bits per heavy atom. The van der Waals surface area contributed by atoms with Crippen molar-refractivity contribution in [1.82, 2.24) is 15.1 Å². The molecule has 1 aromatic carbocycles. The molecule has 2 rings (SSSR count). The first kappa shape index (κ1) is 17.7. The quantitative estimate of drug-likeness (QED) is 0.825. The zero-order valence-electron chi connectivity index (χ0n) is 14.1. The third-order valence-corrected chi connectivity index (χ3v) is 4.09. The Hall–Kier alpha value is -2.63. The van der Waals surface area contributed by atoms with Gasteiger partial charge in [-0.15, -0.1) is 0 Å². The first-order chi connectivity index (χ1) is 11.4. The van der Waals surface area contributed by atoms with Crippen LogP contribution in [0.2, 0.25) is 0 Å². The zero-order valence-corrected chi connectivity index (χ0v) is 14.1. The SMILES string of the molecule is C=CC(=O)NCc1ccc(C(=O)N2CCCC2C(=O)N(C)C)cc1. The van der Waals surface area contributed by atoms with Crippen molar-refractivity contribution >= 4 is 17.7 Å². The Balaban J connectivity index is 2.05. The van der Waals surface area contributed by atoms with Crippen molar-refractivity contribution in [3.63, 3.8) is 0 Å². The summed E-state index contributed by atoms with van der Waals surface area (Å²) in [6.07, 6.45) is 2.75. The predicted molar refractivity (Wildman–Crippen MR) is 91.2 cm³/mol. The van der Waals surface area contributed by atoms with Crippen LogP contribution in [0.5, 0.6) is 0 Å². The van der Waals surface area contributed by atoms with Crippen LogP contribution in [-0.2, 0) is 16.1 Å². The molecular formula is C18H23N3O3. The molecule has 1 aromatic rings. The number of nitrogens with zero attached hydrogens (tertiary/aromatic N) is 2. The summed E-state index contributed by atoms with van der Waals surface area (Å²) in [5, 5.41) is 2.68. The highest BCUT2D eigenvalue weighted by atomic mass is 16.2. The molecule has 1 atom stereocenters. The van der Waals surface area contributed by atoms with Crippen molar-refractivity contribution in [3.05, 3.63) is 48.0 Å². The first-order valence-electron chi connectivity index (χ1n) is 7.95. The lowest BCUT2D eigenvalue weighted by Gasteiger charge is -2.26. The minimum atomic E-state index is -0.376. The van der Waals surface area contributed by atoms with Gasteiger partial charge in [-0.2, -0.15) is 0 Å². The topological polar surface area (TPSA) is 69.7 Å². The van der Waals surface area contributed by atoms with Crippen molar-refractivity contribution in [2.75, 3.05) is 20.6 Å². The number of benzene rings is 1. The van der Waals surface area contributed by atoms with E-state index >= 15 is 0 Å². The molecule has 1 fully saturated rings. The smallest absolute Gasteiger partial charge is 0.254 e. The molecule has 1 N–H and O–H groups in total. The lowest BCUT2D eigenvalue weighted by Crippen LogP contribution is -2.45. The average molecular weight is 329 g/mol. The maximum atomic E-state index is 12.7. The van der Waals surface area contributed by atoms with Gasteiger partial charge in [-0.05, 0) is 36.6 Å². The van der Waals surface area contributed by atoms with Crippen LogP contribution in [-0.4, -0.2) is 54.2 Å². The van der Waals surface area contributed by atoms with Crippen LogP contribution >= 0.6 is 0 Å². The molecule has 0 radical (unpaired) electrons. The van der Waals surface area contributed by atoms with E-state index in [1.54, 1.807) is 43.3 Å². The van der Waals surface area contributed by atoms with E-state index in [2.05, 4.69) is 11.9 Å². The molecule has 128 valence electrons. The van der Waals surface area contributed by atoms with Gasteiger partial charge in [-0.3, -0.25) is 14.4 Å².